The van der Waals surface area contributed by atoms with E-state index in [1.807, 2.05) is 10.8 Å². The normalized spacial score (nSPS) is 17.6. The van der Waals surface area contributed by atoms with E-state index < -0.39 is 5.97 Å². The highest BCUT2D eigenvalue weighted by Gasteiger charge is 2.18. The van der Waals surface area contributed by atoms with E-state index in [-0.39, 0.29) is 0 Å². The van der Waals surface area contributed by atoms with E-state index in [1.165, 1.54) is 0 Å². The van der Waals surface area contributed by atoms with Gasteiger partial charge in [0.05, 0.1) is 0 Å². The molecule has 0 bridgehead atoms. The third-order valence-electron chi connectivity index (χ3n) is 2.88. The SMILES string of the molecule is O=C(O)c1cc(Br)cn1CC1CCOCC1. The van der Waals surface area contributed by atoms with Gasteiger partial charge in [0.1, 0.15) is 5.69 Å². The molecule has 0 radical (unpaired) electrons. The fourth-order valence-electron chi connectivity index (χ4n) is 2.01. The number of hydrogen-bond donors (Lipinski definition) is 1. The van der Waals surface area contributed by atoms with Crippen LogP contribution < -0.4 is 0 Å². The summed E-state index contributed by atoms with van der Waals surface area (Å²) in [6, 6.07) is 1.64. The van der Waals surface area contributed by atoms with Crippen LogP contribution in [-0.4, -0.2) is 28.9 Å². The summed E-state index contributed by atoms with van der Waals surface area (Å²) in [6.45, 7) is 2.33. The van der Waals surface area contributed by atoms with Crippen LogP contribution in [0.25, 0.3) is 0 Å². The van der Waals surface area contributed by atoms with Gasteiger partial charge in [-0.05, 0) is 40.8 Å². The highest BCUT2D eigenvalue weighted by Crippen LogP contribution is 2.21. The lowest BCUT2D eigenvalue weighted by atomic mass is 10.0. The van der Waals surface area contributed by atoms with E-state index in [9.17, 15) is 4.79 Å². The third-order valence-corrected chi connectivity index (χ3v) is 3.31. The van der Waals surface area contributed by atoms with Crippen molar-refractivity contribution in [3.8, 4) is 0 Å². The van der Waals surface area contributed by atoms with Crippen LogP contribution in [0, 0.1) is 5.92 Å². The van der Waals surface area contributed by atoms with Crippen LogP contribution in [0.2, 0.25) is 0 Å². The van der Waals surface area contributed by atoms with Crippen LogP contribution in [-0.2, 0) is 11.3 Å². The average Bonchev–Trinajstić information content (AvgIpc) is 2.61. The minimum absolute atomic E-state index is 0.346. The number of halogens is 1. The van der Waals surface area contributed by atoms with Gasteiger partial charge in [0.15, 0.2) is 0 Å². The Balaban J connectivity index is 2.10. The van der Waals surface area contributed by atoms with Crippen molar-refractivity contribution in [3.63, 3.8) is 0 Å². The molecule has 2 rings (SSSR count). The predicted octanol–water partition coefficient (Wildman–Crippen LogP) is 2.38. The summed E-state index contributed by atoms with van der Waals surface area (Å²) in [5.41, 5.74) is 0.346. The summed E-state index contributed by atoms with van der Waals surface area (Å²) in [7, 11) is 0. The molecule has 0 unspecified atom stereocenters. The number of rotatable bonds is 3. The van der Waals surface area contributed by atoms with Crippen LogP contribution in [0.4, 0.5) is 0 Å². The Morgan fingerprint density at radius 1 is 1.56 bits per heavy atom. The maximum atomic E-state index is 11.0. The number of carboxylic acid groups (broad SMARTS) is 1. The lowest BCUT2D eigenvalue weighted by Crippen LogP contribution is -2.21. The summed E-state index contributed by atoms with van der Waals surface area (Å²) in [4.78, 5) is 11.0. The second-order valence-corrected chi connectivity index (χ2v) is 4.97. The standard InChI is InChI=1S/C11H14BrNO3/c12-9-5-10(11(14)15)13(7-9)6-8-1-3-16-4-2-8/h5,7-8H,1-4,6H2,(H,14,15). The van der Waals surface area contributed by atoms with Crippen molar-refractivity contribution in [2.24, 2.45) is 5.92 Å². The minimum atomic E-state index is -0.877. The van der Waals surface area contributed by atoms with E-state index in [4.69, 9.17) is 9.84 Å². The Hall–Kier alpha value is -0.810. The van der Waals surface area contributed by atoms with Gasteiger partial charge in [0.2, 0.25) is 0 Å². The number of hydrogen-bond acceptors (Lipinski definition) is 2. The van der Waals surface area contributed by atoms with Gasteiger partial charge < -0.3 is 14.4 Å². The van der Waals surface area contributed by atoms with Crippen molar-refractivity contribution in [3.05, 3.63) is 22.4 Å². The minimum Gasteiger partial charge on any atom is -0.477 e. The first-order valence-electron chi connectivity index (χ1n) is 5.33. The Labute approximate surface area is 102 Å². The van der Waals surface area contributed by atoms with Crippen molar-refractivity contribution in [2.75, 3.05) is 13.2 Å². The first-order chi connectivity index (χ1) is 7.66. The predicted molar refractivity (Wildman–Crippen MR) is 62.6 cm³/mol. The molecule has 1 N–H and O–H groups in total. The number of aromatic carboxylic acids is 1. The van der Waals surface area contributed by atoms with Crippen LogP contribution in [0.3, 0.4) is 0 Å². The first-order valence-corrected chi connectivity index (χ1v) is 6.13. The van der Waals surface area contributed by atoms with E-state index in [1.54, 1.807) is 6.07 Å². The zero-order chi connectivity index (χ0) is 11.5. The molecular formula is C11H14BrNO3. The molecule has 1 aliphatic rings. The van der Waals surface area contributed by atoms with Crippen molar-refractivity contribution in [1.29, 1.82) is 0 Å². The molecule has 0 atom stereocenters. The van der Waals surface area contributed by atoms with Crippen LogP contribution in [0.1, 0.15) is 23.3 Å². The van der Waals surface area contributed by atoms with Crippen molar-refractivity contribution in [1.82, 2.24) is 4.57 Å². The molecule has 1 aromatic heterocycles. The van der Waals surface area contributed by atoms with Gasteiger partial charge in [0.25, 0.3) is 0 Å². The molecule has 1 fully saturated rings. The Morgan fingerprint density at radius 3 is 2.88 bits per heavy atom. The molecule has 4 nitrogen and oxygen atoms in total. The Bertz CT molecular complexity index is 383. The lowest BCUT2D eigenvalue weighted by molar-refractivity contribution is 0.0593. The highest BCUT2D eigenvalue weighted by molar-refractivity contribution is 9.10. The van der Waals surface area contributed by atoms with Gasteiger partial charge in [-0.15, -0.1) is 0 Å². The van der Waals surface area contributed by atoms with Crippen molar-refractivity contribution >= 4 is 21.9 Å². The number of carbonyl (C=O) groups is 1. The highest BCUT2D eigenvalue weighted by atomic mass is 79.9. The molecule has 0 spiro atoms. The Morgan fingerprint density at radius 2 is 2.25 bits per heavy atom. The second-order valence-electron chi connectivity index (χ2n) is 4.06. The fourth-order valence-corrected chi connectivity index (χ4v) is 2.48. The van der Waals surface area contributed by atoms with Gasteiger partial charge in [-0.1, -0.05) is 0 Å². The van der Waals surface area contributed by atoms with Gasteiger partial charge in [0, 0.05) is 30.4 Å². The summed E-state index contributed by atoms with van der Waals surface area (Å²) in [5, 5.41) is 9.04. The summed E-state index contributed by atoms with van der Waals surface area (Å²) >= 11 is 3.31. The average molecular weight is 288 g/mol. The molecule has 1 aliphatic heterocycles. The molecule has 0 aliphatic carbocycles. The van der Waals surface area contributed by atoms with Crippen molar-refractivity contribution in [2.45, 2.75) is 19.4 Å². The van der Waals surface area contributed by atoms with Gasteiger partial charge in [-0.25, -0.2) is 4.79 Å². The van der Waals surface area contributed by atoms with E-state index >= 15 is 0 Å². The molecule has 0 amide bonds. The van der Waals surface area contributed by atoms with E-state index in [2.05, 4.69) is 15.9 Å². The molecule has 0 aromatic carbocycles. The van der Waals surface area contributed by atoms with Gasteiger partial charge in [-0.2, -0.15) is 0 Å². The van der Waals surface area contributed by atoms with Crippen molar-refractivity contribution < 1.29 is 14.6 Å². The lowest BCUT2D eigenvalue weighted by Gasteiger charge is -2.22. The topological polar surface area (TPSA) is 51.5 Å². The first kappa shape index (κ1) is 11.7. The molecule has 1 aromatic rings. The van der Waals surface area contributed by atoms with Crippen LogP contribution in [0.15, 0.2) is 16.7 Å². The van der Waals surface area contributed by atoms with E-state index in [0.717, 1.165) is 37.1 Å². The number of nitrogens with zero attached hydrogens (tertiary/aromatic N) is 1. The second kappa shape index (κ2) is 5.01. The molecule has 88 valence electrons. The van der Waals surface area contributed by atoms with Gasteiger partial charge in [-0.3, -0.25) is 0 Å². The summed E-state index contributed by atoms with van der Waals surface area (Å²) < 4.78 is 7.91. The zero-order valence-electron chi connectivity index (χ0n) is 8.86. The third kappa shape index (κ3) is 2.65. The smallest absolute Gasteiger partial charge is 0.352 e. The molecule has 0 saturated carbocycles. The van der Waals surface area contributed by atoms with Crippen LogP contribution >= 0.6 is 15.9 Å². The largest absolute Gasteiger partial charge is 0.477 e. The summed E-state index contributed by atoms with van der Waals surface area (Å²) in [5.74, 6) is -0.357. The Kier molecular flexibility index (Phi) is 3.66. The molecule has 2 heterocycles. The maximum Gasteiger partial charge on any atom is 0.352 e. The summed E-state index contributed by atoms with van der Waals surface area (Å²) in [6.07, 6.45) is 3.85. The monoisotopic (exact) mass is 287 g/mol. The molecule has 16 heavy (non-hydrogen) atoms. The quantitative estimate of drug-likeness (QED) is 0.929. The van der Waals surface area contributed by atoms with Gasteiger partial charge >= 0.3 is 5.97 Å². The molecule has 5 heteroatoms. The zero-order valence-corrected chi connectivity index (χ0v) is 10.4. The van der Waals surface area contributed by atoms with E-state index in [0.29, 0.717) is 11.6 Å². The number of ether oxygens (including phenoxy) is 1. The maximum absolute atomic E-state index is 11.0. The molecular weight excluding hydrogens is 274 g/mol. The molecule has 1 saturated heterocycles. The van der Waals surface area contributed by atoms with Crippen LogP contribution in [0.5, 0.6) is 0 Å². The fraction of sp³-hybridized carbons (Fsp3) is 0.545. The number of carboxylic acids is 1. The number of aromatic nitrogens is 1.